The number of rotatable bonds is 1. The molecule has 0 radical (unpaired) electrons. The van der Waals surface area contributed by atoms with Gasteiger partial charge in [-0.15, -0.1) is 0 Å². The fourth-order valence-corrected chi connectivity index (χ4v) is 2.24. The van der Waals surface area contributed by atoms with Crippen LogP contribution in [0.5, 0.6) is 5.75 Å². The van der Waals surface area contributed by atoms with Crippen molar-refractivity contribution in [1.29, 1.82) is 0 Å². The molecule has 15 heavy (non-hydrogen) atoms. The minimum atomic E-state index is -0.787. The maximum absolute atomic E-state index is 11.1. The second kappa shape index (κ2) is 3.85. The SMILES string of the molecule is CC1CC(C(=O)O)c2cc(Br)ccc2O1. The van der Waals surface area contributed by atoms with Crippen molar-refractivity contribution < 1.29 is 14.6 Å². The first-order chi connectivity index (χ1) is 7.08. The predicted molar refractivity (Wildman–Crippen MR) is 59.2 cm³/mol. The number of benzene rings is 1. The van der Waals surface area contributed by atoms with Crippen molar-refractivity contribution >= 4 is 21.9 Å². The Labute approximate surface area is 96.2 Å². The van der Waals surface area contributed by atoms with Crippen molar-refractivity contribution in [2.24, 2.45) is 0 Å². The van der Waals surface area contributed by atoms with Crippen molar-refractivity contribution in [3.05, 3.63) is 28.2 Å². The Kier molecular flexibility index (Phi) is 2.69. The molecule has 2 atom stereocenters. The fourth-order valence-electron chi connectivity index (χ4n) is 1.86. The van der Waals surface area contributed by atoms with Crippen LogP contribution in [0.15, 0.2) is 22.7 Å². The molecule has 4 heteroatoms. The van der Waals surface area contributed by atoms with Crippen molar-refractivity contribution in [2.75, 3.05) is 0 Å². The van der Waals surface area contributed by atoms with Crippen LogP contribution in [0.3, 0.4) is 0 Å². The number of hydrogen-bond acceptors (Lipinski definition) is 2. The van der Waals surface area contributed by atoms with E-state index in [1.54, 1.807) is 0 Å². The van der Waals surface area contributed by atoms with Gasteiger partial charge >= 0.3 is 5.97 Å². The summed E-state index contributed by atoms with van der Waals surface area (Å²) in [7, 11) is 0. The average molecular weight is 271 g/mol. The summed E-state index contributed by atoms with van der Waals surface area (Å²) in [5.74, 6) is -0.560. The van der Waals surface area contributed by atoms with Crippen LogP contribution in [0.2, 0.25) is 0 Å². The Morgan fingerprint density at radius 1 is 1.60 bits per heavy atom. The number of carbonyl (C=O) groups is 1. The van der Waals surface area contributed by atoms with Crippen molar-refractivity contribution in [1.82, 2.24) is 0 Å². The third kappa shape index (κ3) is 2.00. The standard InChI is InChI=1S/C11H11BrO3/c1-6-4-9(11(13)14)8-5-7(12)2-3-10(8)15-6/h2-3,5-6,9H,4H2,1H3,(H,13,14). The minimum Gasteiger partial charge on any atom is -0.490 e. The Hall–Kier alpha value is -1.03. The van der Waals surface area contributed by atoms with Gasteiger partial charge in [-0.3, -0.25) is 4.79 Å². The first kappa shape index (κ1) is 10.5. The monoisotopic (exact) mass is 270 g/mol. The third-order valence-corrected chi connectivity index (χ3v) is 3.03. The van der Waals surface area contributed by atoms with Gasteiger partial charge in [-0.25, -0.2) is 0 Å². The summed E-state index contributed by atoms with van der Waals surface area (Å²) in [5.41, 5.74) is 0.759. The van der Waals surface area contributed by atoms with Gasteiger partial charge in [0.25, 0.3) is 0 Å². The number of carboxylic acids is 1. The number of fused-ring (bicyclic) bond motifs is 1. The molecular formula is C11H11BrO3. The summed E-state index contributed by atoms with van der Waals surface area (Å²) in [6, 6.07) is 5.49. The fraction of sp³-hybridized carbons (Fsp3) is 0.364. The van der Waals surface area contributed by atoms with Crippen LogP contribution in [0, 0.1) is 0 Å². The number of carboxylic acid groups (broad SMARTS) is 1. The van der Waals surface area contributed by atoms with Crippen molar-refractivity contribution in [3.8, 4) is 5.75 Å². The van der Waals surface area contributed by atoms with Gasteiger partial charge in [-0.1, -0.05) is 15.9 Å². The molecule has 0 aromatic heterocycles. The molecular weight excluding hydrogens is 260 g/mol. The molecule has 1 aromatic rings. The highest BCUT2D eigenvalue weighted by Gasteiger charge is 2.30. The normalized spacial score (nSPS) is 24.1. The van der Waals surface area contributed by atoms with Crippen molar-refractivity contribution in [3.63, 3.8) is 0 Å². The van der Waals surface area contributed by atoms with Crippen LogP contribution in [0.4, 0.5) is 0 Å². The summed E-state index contributed by atoms with van der Waals surface area (Å²) in [4.78, 5) is 11.1. The van der Waals surface area contributed by atoms with Crippen LogP contribution < -0.4 is 4.74 Å². The Balaban J connectivity index is 2.47. The Morgan fingerprint density at radius 2 is 2.33 bits per heavy atom. The van der Waals surface area contributed by atoms with E-state index in [0.717, 1.165) is 10.0 Å². The Bertz CT molecular complexity index is 403. The lowest BCUT2D eigenvalue weighted by molar-refractivity contribution is -0.139. The Morgan fingerprint density at radius 3 is 3.00 bits per heavy atom. The maximum Gasteiger partial charge on any atom is 0.311 e. The second-order valence-electron chi connectivity index (χ2n) is 3.74. The largest absolute Gasteiger partial charge is 0.490 e. The van der Waals surface area contributed by atoms with E-state index >= 15 is 0 Å². The molecule has 1 N–H and O–H groups in total. The molecule has 3 nitrogen and oxygen atoms in total. The molecule has 1 aliphatic heterocycles. The van der Waals surface area contributed by atoms with E-state index in [9.17, 15) is 4.79 Å². The number of hydrogen-bond donors (Lipinski definition) is 1. The van der Waals surface area contributed by atoms with Crippen molar-refractivity contribution in [2.45, 2.75) is 25.4 Å². The topological polar surface area (TPSA) is 46.5 Å². The lowest BCUT2D eigenvalue weighted by atomic mass is 9.90. The van der Waals surface area contributed by atoms with Crippen LogP contribution in [-0.2, 0) is 4.79 Å². The molecule has 0 bridgehead atoms. The zero-order chi connectivity index (χ0) is 11.0. The zero-order valence-corrected chi connectivity index (χ0v) is 9.82. The number of halogens is 1. The average Bonchev–Trinajstić information content (AvgIpc) is 2.17. The van der Waals surface area contributed by atoms with Crippen LogP contribution in [-0.4, -0.2) is 17.2 Å². The third-order valence-electron chi connectivity index (χ3n) is 2.54. The van der Waals surface area contributed by atoms with E-state index in [-0.39, 0.29) is 6.10 Å². The van der Waals surface area contributed by atoms with Crippen LogP contribution in [0.25, 0.3) is 0 Å². The van der Waals surface area contributed by atoms with Gasteiger partial charge in [0.1, 0.15) is 5.75 Å². The molecule has 0 spiro atoms. The molecule has 80 valence electrons. The zero-order valence-electron chi connectivity index (χ0n) is 8.24. The van der Waals surface area contributed by atoms with Gasteiger partial charge in [-0.2, -0.15) is 0 Å². The molecule has 1 aromatic carbocycles. The van der Waals surface area contributed by atoms with Gasteiger partial charge < -0.3 is 9.84 Å². The molecule has 0 amide bonds. The maximum atomic E-state index is 11.1. The lowest BCUT2D eigenvalue weighted by Crippen LogP contribution is -2.27. The summed E-state index contributed by atoms with van der Waals surface area (Å²) in [6.07, 6.45) is 0.485. The molecule has 0 saturated carbocycles. The van der Waals surface area contributed by atoms with Gasteiger partial charge in [-0.05, 0) is 25.1 Å². The van der Waals surface area contributed by atoms with Crippen LogP contribution >= 0.6 is 15.9 Å². The quantitative estimate of drug-likeness (QED) is 0.854. The van der Waals surface area contributed by atoms with E-state index in [1.165, 1.54) is 0 Å². The summed E-state index contributed by atoms with van der Waals surface area (Å²) < 4.78 is 6.46. The molecule has 0 saturated heterocycles. The van der Waals surface area contributed by atoms with Gasteiger partial charge in [0.2, 0.25) is 0 Å². The lowest BCUT2D eigenvalue weighted by Gasteiger charge is -2.28. The van der Waals surface area contributed by atoms with E-state index in [1.807, 2.05) is 25.1 Å². The molecule has 1 heterocycles. The molecule has 2 unspecified atom stereocenters. The molecule has 0 aliphatic carbocycles. The summed E-state index contributed by atoms with van der Waals surface area (Å²) in [6.45, 7) is 1.89. The second-order valence-corrected chi connectivity index (χ2v) is 4.65. The smallest absolute Gasteiger partial charge is 0.311 e. The minimum absolute atomic E-state index is 0.0419. The van der Waals surface area contributed by atoms with E-state index in [4.69, 9.17) is 9.84 Å². The van der Waals surface area contributed by atoms with Crippen LogP contribution in [0.1, 0.15) is 24.8 Å². The number of aliphatic carboxylic acids is 1. The highest BCUT2D eigenvalue weighted by molar-refractivity contribution is 9.10. The first-order valence-corrected chi connectivity index (χ1v) is 5.56. The highest BCUT2D eigenvalue weighted by atomic mass is 79.9. The van der Waals surface area contributed by atoms with E-state index in [2.05, 4.69) is 15.9 Å². The van der Waals surface area contributed by atoms with Gasteiger partial charge in [0, 0.05) is 16.5 Å². The first-order valence-electron chi connectivity index (χ1n) is 4.77. The molecule has 1 aliphatic rings. The molecule has 0 fully saturated rings. The highest BCUT2D eigenvalue weighted by Crippen LogP contribution is 2.37. The predicted octanol–water partition coefficient (Wildman–Crippen LogP) is 2.79. The van der Waals surface area contributed by atoms with Gasteiger partial charge in [0.05, 0.1) is 12.0 Å². The summed E-state index contributed by atoms with van der Waals surface area (Å²) >= 11 is 3.33. The van der Waals surface area contributed by atoms with E-state index in [0.29, 0.717) is 12.2 Å². The summed E-state index contributed by atoms with van der Waals surface area (Å²) in [5, 5.41) is 9.12. The molecule has 2 rings (SSSR count). The van der Waals surface area contributed by atoms with Gasteiger partial charge in [0.15, 0.2) is 0 Å². The van der Waals surface area contributed by atoms with E-state index < -0.39 is 11.9 Å². The number of ether oxygens (including phenoxy) is 1.